The molecule has 1 aromatic carbocycles. The summed E-state index contributed by atoms with van der Waals surface area (Å²) in [6.45, 7) is 2.29. The molecule has 3 nitrogen and oxygen atoms in total. The average Bonchev–Trinajstić information content (AvgIpc) is 2.80. The van der Waals surface area contributed by atoms with Crippen LogP contribution in [-0.2, 0) is 6.42 Å². The van der Waals surface area contributed by atoms with Crippen LogP contribution in [0.2, 0.25) is 0 Å². The molecule has 0 spiro atoms. The smallest absolute Gasteiger partial charge is 0.204 e. The third-order valence-corrected chi connectivity index (χ3v) is 7.71. The predicted molar refractivity (Wildman–Crippen MR) is 148 cm³/mol. The third-order valence-electron chi connectivity index (χ3n) is 6.61. The summed E-state index contributed by atoms with van der Waals surface area (Å²) in [5, 5.41) is 1.34. The second kappa shape index (κ2) is 13.1. The SMILES string of the molecule is CCCCCCCCCCCCCc1cc2nc3ccc(N(C)C)cc3sc-2cc1=[N+](C)C. The van der Waals surface area contributed by atoms with Gasteiger partial charge in [-0.3, -0.25) is 0 Å². The molecule has 4 heteroatoms. The summed E-state index contributed by atoms with van der Waals surface area (Å²) in [6, 6.07) is 11.3. The van der Waals surface area contributed by atoms with Crippen molar-refractivity contribution < 1.29 is 0 Å². The highest BCUT2D eigenvalue weighted by Gasteiger charge is 2.14. The van der Waals surface area contributed by atoms with Gasteiger partial charge in [-0.25, -0.2) is 9.56 Å². The Labute approximate surface area is 205 Å². The van der Waals surface area contributed by atoms with Gasteiger partial charge < -0.3 is 4.90 Å². The molecule has 1 aromatic rings. The van der Waals surface area contributed by atoms with Crippen molar-refractivity contribution in [2.24, 2.45) is 0 Å². The van der Waals surface area contributed by atoms with Crippen LogP contribution in [0.1, 0.15) is 83.1 Å². The fraction of sp³-hybridized carbons (Fsp3) is 0.586. The van der Waals surface area contributed by atoms with Crippen molar-refractivity contribution in [3.63, 3.8) is 0 Å². The Kier molecular flexibility index (Phi) is 10.2. The van der Waals surface area contributed by atoms with Crippen molar-refractivity contribution in [1.82, 2.24) is 9.56 Å². The minimum Gasteiger partial charge on any atom is -0.378 e. The normalized spacial score (nSPS) is 11.4. The summed E-state index contributed by atoms with van der Waals surface area (Å²) in [5.74, 6) is 0. The van der Waals surface area contributed by atoms with Gasteiger partial charge in [-0.2, -0.15) is 0 Å². The van der Waals surface area contributed by atoms with E-state index in [0.717, 1.165) is 17.6 Å². The van der Waals surface area contributed by atoms with Gasteiger partial charge in [0.2, 0.25) is 5.36 Å². The Morgan fingerprint density at radius 1 is 0.818 bits per heavy atom. The van der Waals surface area contributed by atoms with Gasteiger partial charge >= 0.3 is 0 Å². The Hall–Kier alpha value is -1.94. The highest BCUT2D eigenvalue weighted by molar-refractivity contribution is 7.21. The molecule has 0 fully saturated rings. The summed E-state index contributed by atoms with van der Waals surface area (Å²) in [7, 11) is 8.50. The number of anilines is 1. The summed E-state index contributed by atoms with van der Waals surface area (Å²) < 4.78 is 3.51. The minimum absolute atomic E-state index is 1.09. The molecule has 0 N–H and O–H groups in total. The lowest BCUT2D eigenvalue weighted by atomic mass is 10.0. The van der Waals surface area contributed by atoms with Crippen molar-refractivity contribution in [1.29, 1.82) is 0 Å². The van der Waals surface area contributed by atoms with E-state index in [-0.39, 0.29) is 0 Å². The number of rotatable bonds is 13. The second-order valence-corrected chi connectivity index (χ2v) is 11.0. The topological polar surface area (TPSA) is 19.1 Å². The van der Waals surface area contributed by atoms with E-state index in [1.54, 1.807) is 0 Å². The van der Waals surface area contributed by atoms with Crippen molar-refractivity contribution in [2.75, 3.05) is 33.1 Å². The lowest BCUT2D eigenvalue weighted by molar-refractivity contribution is 0.549. The first-order valence-corrected chi connectivity index (χ1v) is 13.9. The Bertz CT molecular complexity index is 1050. The lowest BCUT2D eigenvalue weighted by Crippen LogP contribution is -2.26. The van der Waals surface area contributed by atoms with E-state index in [0.29, 0.717) is 0 Å². The van der Waals surface area contributed by atoms with Crippen molar-refractivity contribution in [3.8, 4) is 10.6 Å². The van der Waals surface area contributed by atoms with Crippen molar-refractivity contribution in [3.05, 3.63) is 41.3 Å². The molecule has 0 saturated carbocycles. The molecular weight excluding hydrogens is 422 g/mol. The summed E-state index contributed by atoms with van der Waals surface area (Å²) in [6.07, 6.45) is 16.4. The van der Waals surface area contributed by atoms with Gasteiger partial charge in [-0.15, -0.1) is 11.3 Å². The molecule has 0 atom stereocenters. The number of aromatic nitrogens is 1. The first-order chi connectivity index (χ1) is 16.0. The minimum atomic E-state index is 1.09. The molecule has 0 saturated heterocycles. The molecule has 1 aliphatic heterocycles. The summed E-state index contributed by atoms with van der Waals surface area (Å²) in [5.41, 5.74) is 4.89. The van der Waals surface area contributed by atoms with Gasteiger partial charge in [0.05, 0.1) is 20.8 Å². The number of hydrogen-bond acceptors (Lipinski definition) is 3. The molecule has 33 heavy (non-hydrogen) atoms. The number of hydrogen-bond donors (Lipinski definition) is 0. The van der Waals surface area contributed by atoms with Gasteiger partial charge in [-0.05, 0) is 37.1 Å². The highest BCUT2D eigenvalue weighted by atomic mass is 32.1. The number of nitrogens with zero attached hydrogens (tertiary/aromatic N) is 3. The molecule has 1 aliphatic carbocycles. The zero-order valence-electron chi connectivity index (χ0n) is 21.6. The van der Waals surface area contributed by atoms with E-state index in [9.17, 15) is 0 Å². The van der Waals surface area contributed by atoms with Crippen molar-refractivity contribution >= 4 is 27.2 Å². The Balaban J connectivity index is 1.60. The molecule has 2 aliphatic rings. The molecule has 0 amide bonds. The number of unbranched alkanes of at least 4 members (excludes halogenated alkanes) is 10. The molecule has 0 bridgehead atoms. The Morgan fingerprint density at radius 2 is 1.45 bits per heavy atom. The van der Waals surface area contributed by atoms with Crippen LogP contribution in [0.3, 0.4) is 0 Å². The number of aryl methyl sites for hydroxylation is 1. The van der Waals surface area contributed by atoms with Crippen LogP contribution in [-0.4, -0.2) is 33.2 Å². The van der Waals surface area contributed by atoms with Crippen LogP contribution in [0.15, 0.2) is 30.3 Å². The Morgan fingerprint density at radius 3 is 2.06 bits per heavy atom. The maximum atomic E-state index is 5.02. The largest absolute Gasteiger partial charge is 0.378 e. The molecule has 0 radical (unpaired) electrons. The van der Waals surface area contributed by atoms with Gasteiger partial charge in [0, 0.05) is 31.4 Å². The van der Waals surface area contributed by atoms with Gasteiger partial charge in [0.15, 0.2) is 0 Å². The quantitative estimate of drug-likeness (QED) is 0.149. The summed E-state index contributed by atoms with van der Waals surface area (Å²) in [4.78, 5) is 8.44. The first kappa shape index (κ1) is 25.7. The van der Waals surface area contributed by atoms with E-state index in [4.69, 9.17) is 4.98 Å². The van der Waals surface area contributed by atoms with E-state index < -0.39 is 0 Å². The van der Waals surface area contributed by atoms with Crippen LogP contribution in [0.5, 0.6) is 0 Å². The standard InChI is InChI=1S/C29H44N3S/c1-6-7-8-9-10-11-12-13-14-15-16-17-23-20-26-29(22-27(23)32(4)5)33-28-21-24(31(2)3)18-19-25(28)30-26/h18-22H,6-17H2,1-5H3/q+1. The van der Waals surface area contributed by atoms with Gasteiger partial charge in [0.1, 0.15) is 14.1 Å². The lowest BCUT2D eigenvalue weighted by Gasteiger charge is -2.14. The van der Waals surface area contributed by atoms with Crippen LogP contribution in [0.25, 0.3) is 20.8 Å². The maximum Gasteiger partial charge on any atom is 0.204 e. The third kappa shape index (κ3) is 7.53. The molecule has 1 heterocycles. The molecule has 0 unspecified atom stereocenters. The van der Waals surface area contributed by atoms with E-state index in [1.165, 1.54) is 96.8 Å². The molecular formula is C29H44N3S+. The average molecular weight is 467 g/mol. The fourth-order valence-electron chi connectivity index (χ4n) is 4.57. The molecule has 0 aromatic heterocycles. The fourth-order valence-corrected chi connectivity index (χ4v) is 5.58. The van der Waals surface area contributed by atoms with Crippen LogP contribution < -0.4 is 14.8 Å². The maximum absolute atomic E-state index is 5.02. The van der Waals surface area contributed by atoms with Crippen molar-refractivity contribution in [2.45, 2.75) is 84.0 Å². The second-order valence-electron chi connectivity index (χ2n) is 9.89. The van der Waals surface area contributed by atoms with Crippen LogP contribution in [0, 0.1) is 0 Å². The van der Waals surface area contributed by atoms with E-state index >= 15 is 0 Å². The highest BCUT2D eigenvalue weighted by Crippen LogP contribution is 2.32. The van der Waals surface area contributed by atoms with Gasteiger partial charge in [0.25, 0.3) is 0 Å². The number of benzene rings is 2. The zero-order chi connectivity index (χ0) is 23.6. The summed E-state index contributed by atoms with van der Waals surface area (Å²) >= 11 is 1.85. The van der Waals surface area contributed by atoms with Crippen LogP contribution in [0.4, 0.5) is 5.69 Å². The predicted octanol–water partition coefficient (Wildman–Crippen LogP) is 7.35. The van der Waals surface area contributed by atoms with Crippen LogP contribution >= 0.6 is 11.3 Å². The number of fused-ring (bicyclic) bond motifs is 2. The zero-order valence-corrected chi connectivity index (χ0v) is 22.4. The molecule has 180 valence electrons. The van der Waals surface area contributed by atoms with E-state index in [1.807, 2.05) is 11.3 Å². The first-order valence-electron chi connectivity index (χ1n) is 13.0. The van der Waals surface area contributed by atoms with E-state index in [2.05, 4.69) is 74.9 Å². The molecule has 3 rings (SSSR count). The van der Waals surface area contributed by atoms with Gasteiger partial charge in [-0.1, -0.05) is 71.1 Å². The monoisotopic (exact) mass is 466 g/mol.